The lowest BCUT2D eigenvalue weighted by Gasteiger charge is -2.11. The lowest BCUT2D eigenvalue weighted by Crippen LogP contribution is -2.15. The summed E-state index contributed by atoms with van der Waals surface area (Å²) in [7, 11) is 0. The van der Waals surface area contributed by atoms with Crippen molar-refractivity contribution >= 4 is 60.7 Å². The van der Waals surface area contributed by atoms with Gasteiger partial charge in [-0.25, -0.2) is 0 Å². The zero-order chi connectivity index (χ0) is 15.6. The number of amides is 1. The van der Waals surface area contributed by atoms with E-state index in [4.69, 9.17) is 18.0 Å². The van der Waals surface area contributed by atoms with Crippen molar-refractivity contribution in [2.24, 2.45) is 5.73 Å². The molecule has 0 spiro atoms. The summed E-state index contributed by atoms with van der Waals surface area (Å²) in [5.74, 6) is -0.224. The van der Waals surface area contributed by atoms with Crippen molar-refractivity contribution in [3.8, 4) is 0 Å². The molecule has 108 valence electrons. The molecule has 0 aliphatic carbocycles. The van der Waals surface area contributed by atoms with Crippen LogP contribution in [-0.4, -0.2) is 10.9 Å². The van der Waals surface area contributed by atoms with E-state index >= 15 is 0 Å². The first-order chi connectivity index (χ1) is 9.88. The Morgan fingerprint density at radius 2 is 1.71 bits per heavy atom. The molecule has 0 radical (unpaired) electrons. The highest BCUT2D eigenvalue weighted by molar-refractivity contribution is 9.11. The van der Waals surface area contributed by atoms with Gasteiger partial charge < -0.3 is 11.1 Å². The number of rotatable bonds is 3. The molecule has 3 N–H and O–H groups in total. The van der Waals surface area contributed by atoms with Crippen LogP contribution in [0.5, 0.6) is 0 Å². The number of carbonyl (C=O) groups excluding carboxylic acids is 1. The molecule has 0 bridgehead atoms. The molecule has 0 unspecified atom stereocenters. The van der Waals surface area contributed by atoms with Gasteiger partial charge in [-0.3, -0.25) is 4.79 Å². The number of halogens is 2. The molecule has 0 heterocycles. The van der Waals surface area contributed by atoms with Gasteiger partial charge in [-0.2, -0.15) is 0 Å². The van der Waals surface area contributed by atoms with Gasteiger partial charge in [0.15, 0.2) is 0 Å². The van der Waals surface area contributed by atoms with Gasteiger partial charge >= 0.3 is 0 Å². The van der Waals surface area contributed by atoms with Gasteiger partial charge in [-0.05, 0) is 68.6 Å². The third-order valence-electron chi connectivity index (χ3n) is 2.83. The smallest absolute Gasteiger partial charge is 0.255 e. The van der Waals surface area contributed by atoms with Gasteiger partial charge in [0, 0.05) is 20.1 Å². The van der Waals surface area contributed by atoms with E-state index < -0.39 is 0 Å². The molecule has 2 aromatic carbocycles. The Morgan fingerprint density at radius 1 is 1.14 bits per heavy atom. The molecule has 21 heavy (non-hydrogen) atoms. The van der Waals surface area contributed by atoms with Crippen LogP contribution in [0.1, 0.15) is 21.5 Å². The molecule has 0 fully saturated rings. The summed E-state index contributed by atoms with van der Waals surface area (Å²) >= 11 is 11.8. The van der Waals surface area contributed by atoms with E-state index in [1.807, 2.05) is 19.1 Å². The molecule has 2 aromatic rings. The Hall–Kier alpha value is -1.24. The summed E-state index contributed by atoms with van der Waals surface area (Å²) < 4.78 is 1.63. The zero-order valence-electron chi connectivity index (χ0n) is 11.1. The summed E-state index contributed by atoms with van der Waals surface area (Å²) in [6, 6.07) is 10.8. The normalized spacial score (nSPS) is 10.2. The first-order valence-corrected chi connectivity index (χ1v) is 8.05. The fourth-order valence-corrected chi connectivity index (χ4v) is 3.56. The Bertz CT molecular complexity index is 708. The van der Waals surface area contributed by atoms with Crippen LogP contribution >= 0.6 is 44.1 Å². The number of nitrogens with one attached hydrogen (secondary N) is 1. The van der Waals surface area contributed by atoms with Crippen LogP contribution in [0.4, 0.5) is 5.69 Å². The highest BCUT2D eigenvalue weighted by atomic mass is 79.9. The van der Waals surface area contributed by atoms with Crippen molar-refractivity contribution in [2.75, 3.05) is 5.32 Å². The summed E-state index contributed by atoms with van der Waals surface area (Å²) in [6.45, 7) is 1.98. The molecule has 0 saturated carbocycles. The van der Waals surface area contributed by atoms with Crippen LogP contribution < -0.4 is 11.1 Å². The highest BCUT2D eigenvalue weighted by Gasteiger charge is 2.12. The third kappa shape index (κ3) is 3.90. The molecule has 0 aromatic heterocycles. The summed E-state index contributed by atoms with van der Waals surface area (Å²) in [5, 5.41) is 2.87. The van der Waals surface area contributed by atoms with Crippen molar-refractivity contribution in [3.63, 3.8) is 0 Å². The summed E-state index contributed by atoms with van der Waals surface area (Å²) in [6.07, 6.45) is 0. The fourth-order valence-electron chi connectivity index (χ4n) is 1.82. The van der Waals surface area contributed by atoms with E-state index in [0.29, 0.717) is 16.8 Å². The predicted molar refractivity (Wildman–Crippen MR) is 96.9 cm³/mol. The number of carbonyl (C=O) groups is 1. The molecular weight excluding hydrogens is 416 g/mol. The summed E-state index contributed by atoms with van der Waals surface area (Å²) in [5.41, 5.74) is 8.52. The van der Waals surface area contributed by atoms with Crippen LogP contribution in [0.15, 0.2) is 45.3 Å². The minimum Gasteiger partial charge on any atom is -0.389 e. The van der Waals surface area contributed by atoms with Gasteiger partial charge in [0.2, 0.25) is 0 Å². The fraction of sp³-hybridized carbons (Fsp3) is 0.0667. The largest absolute Gasteiger partial charge is 0.389 e. The minimum absolute atomic E-state index is 0.224. The number of benzene rings is 2. The molecule has 0 atom stereocenters. The average Bonchev–Trinajstić information content (AvgIpc) is 2.42. The van der Waals surface area contributed by atoms with E-state index in [1.165, 1.54) is 0 Å². The van der Waals surface area contributed by atoms with E-state index in [-0.39, 0.29) is 10.9 Å². The molecule has 6 heteroatoms. The molecule has 0 aliphatic rings. The van der Waals surface area contributed by atoms with Crippen molar-refractivity contribution in [1.29, 1.82) is 0 Å². The maximum Gasteiger partial charge on any atom is 0.255 e. The standard InChI is InChI=1S/C15H12Br2N2OS/c1-8-5-11(16)13(12(17)6-8)19-15(20)10-4-2-3-9(7-10)14(18)21/h2-7H,1H3,(H2,18,21)(H,19,20). The number of thiocarbonyl (C=S) groups is 1. The second-order valence-electron chi connectivity index (χ2n) is 4.50. The average molecular weight is 428 g/mol. The molecular formula is C15H12Br2N2OS. The van der Waals surface area contributed by atoms with Gasteiger partial charge in [-0.1, -0.05) is 24.4 Å². The maximum atomic E-state index is 12.3. The Kier molecular flexibility index (Phi) is 5.13. The van der Waals surface area contributed by atoms with E-state index in [9.17, 15) is 4.79 Å². The number of anilines is 1. The quantitative estimate of drug-likeness (QED) is 0.713. The number of hydrogen-bond acceptors (Lipinski definition) is 2. The van der Waals surface area contributed by atoms with E-state index in [2.05, 4.69) is 37.2 Å². The summed E-state index contributed by atoms with van der Waals surface area (Å²) in [4.78, 5) is 12.6. The Morgan fingerprint density at radius 3 is 2.29 bits per heavy atom. The van der Waals surface area contributed by atoms with Gasteiger partial charge in [0.25, 0.3) is 5.91 Å². The first kappa shape index (κ1) is 16.1. The SMILES string of the molecule is Cc1cc(Br)c(NC(=O)c2cccc(C(N)=S)c2)c(Br)c1. The first-order valence-electron chi connectivity index (χ1n) is 6.05. The highest BCUT2D eigenvalue weighted by Crippen LogP contribution is 2.32. The monoisotopic (exact) mass is 426 g/mol. The van der Waals surface area contributed by atoms with Crippen LogP contribution in [0.3, 0.4) is 0 Å². The third-order valence-corrected chi connectivity index (χ3v) is 4.32. The predicted octanol–water partition coefficient (Wildman–Crippen LogP) is 4.41. The van der Waals surface area contributed by atoms with Gasteiger partial charge in [0.05, 0.1) is 5.69 Å². The maximum absolute atomic E-state index is 12.3. The lowest BCUT2D eigenvalue weighted by atomic mass is 10.1. The second-order valence-corrected chi connectivity index (χ2v) is 6.65. The van der Waals surface area contributed by atoms with Crippen molar-refractivity contribution in [3.05, 3.63) is 62.0 Å². The topological polar surface area (TPSA) is 55.1 Å². The minimum atomic E-state index is -0.224. The number of aryl methyl sites for hydroxylation is 1. The Labute approximate surface area is 145 Å². The molecule has 2 rings (SSSR count). The van der Waals surface area contributed by atoms with Crippen LogP contribution in [0.2, 0.25) is 0 Å². The molecule has 1 amide bonds. The molecule has 0 saturated heterocycles. The van der Waals surface area contributed by atoms with E-state index in [1.54, 1.807) is 24.3 Å². The zero-order valence-corrected chi connectivity index (χ0v) is 15.1. The van der Waals surface area contributed by atoms with Crippen LogP contribution in [-0.2, 0) is 0 Å². The second kappa shape index (κ2) is 6.68. The van der Waals surface area contributed by atoms with Gasteiger partial charge in [0.1, 0.15) is 4.99 Å². The Balaban J connectivity index is 2.30. The van der Waals surface area contributed by atoms with Gasteiger partial charge in [-0.15, -0.1) is 0 Å². The lowest BCUT2D eigenvalue weighted by molar-refractivity contribution is 0.102. The molecule has 3 nitrogen and oxygen atoms in total. The van der Waals surface area contributed by atoms with Crippen molar-refractivity contribution in [1.82, 2.24) is 0 Å². The molecule has 0 aliphatic heterocycles. The van der Waals surface area contributed by atoms with Crippen molar-refractivity contribution in [2.45, 2.75) is 6.92 Å². The number of nitrogens with two attached hydrogens (primary N) is 1. The van der Waals surface area contributed by atoms with E-state index in [0.717, 1.165) is 14.5 Å². The van der Waals surface area contributed by atoms with Crippen LogP contribution in [0, 0.1) is 6.92 Å². The van der Waals surface area contributed by atoms with Crippen LogP contribution in [0.25, 0.3) is 0 Å². The van der Waals surface area contributed by atoms with Crippen molar-refractivity contribution < 1.29 is 4.79 Å². The number of hydrogen-bond donors (Lipinski definition) is 2.